The van der Waals surface area contributed by atoms with Crippen molar-refractivity contribution in [1.29, 1.82) is 0 Å². The van der Waals surface area contributed by atoms with Crippen LogP contribution in [0.1, 0.15) is 55.3 Å². The molecule has 142 valence electrons. The zero-order valence-corrected chi connectivity index (χ0v) is 16.4. The van der Waals surface area contributed by atoms with Crippen LogP contribution in [0.2, 0.25) is 0 Å². The zero-order valence-electron chi connectivity index (χ0n) is 16.4. The number of benzene rings is 1. The molecule has 1 N–H and O–H groups in total. The Kier molecular flexibility index (Phi) is 5.17. The monoisotopic (exact) mass is 367 g/mol. The lowest BCUT2D eigenvalue weighted by Gasteiger charge is -2.09. The second-order valence-corrected chi connectivity index (χ2v) is 7.54. The van der Waals surface area contributed by atoms with E-state index in [0.717, 1.165) is 0 Å². The van der Waals surface area contributed by atoms with Crippen LogP contribution in [0.25, 0.3) is 11.1 Å². The van der Waals surface area contributed by atoms with Gasteiger partial charge in [-0.05, 0) is 36.5 Å². The van der Waals surface area contributed by atoms with Crippen molar-refractivity contribution in [2.75, 3.05) is 5.32 Å². The lowest BCUT2D eigenvalue weighted by atomic mass is 10.0. The number of aromatic nitrogens is 2. The molecule has 6 heteroatoms. The van der Waals surface area contributed by atoms with Gasteiger partial charge in [-0.15, -0.1) is 0 Å². The molecule has 3 aromatic rings. The van der Waals surface area contributed by atoms with Gasteiger partial charge in [0.25, 0.3) is 11.5 Å². The van der Waals surface area contributed by atoms with Crippen molar-refractivity contribution in [3.8, 4) is 0 Å². The predicted molar refractivity (Wildman–Crippen MR) is 106 cm³/mol. The molecule has 1 aromatic carbocycles. The molecule has 0 bridgehead atoms. The molecule has 0 aliphatic heterocycles. The van der Waals surface area contributed by atoms with Crippen LogP contribution in [0, 0.1) is 12.8 Å². The van der Waals surface area contributed by atoms with Gasteiger partial charge in [-0.25, -0.2) is 4.98 Å². The van der Waals surface area contributed by atoms with Crippen molar-refractivity contribution in [3.05, 3.63) is 57.8 Å². The van der Waals surface area contributed by atoms with Crippen LogP contribution in [0.15, 0.2) is 39.8 Å². The highest BCUT2D eigenvalue weighted by Crippen LogP contribution is 2.23. The number of hydrogen-bond acceptors (Lipinski definition) is 4. The SMILES string of the molecule is Cc1oc2ncn(CC(C)C)c(=O)c2c1C(=O)Nc1ccc(C(C)C)cc1. The molecule has 6 nitrogen and oxygen atoms in total. The van der Waals surface area contributed by atoms with E-state index in [2.05, 4.69) is 24.1 Å². The van der Waals surface area contributed by atoms with E-state index in [1.54, 1.807) is 6.92 Å². The van der Waals surface area contributed by atoms with Gasteiger partial charge in [0.05, 0.1) is 5.56 Å². The van der Waals surface area contributed by atoms with Crippen LogP contribution in [-0.2, 0) is 6.54 Å². The summed E-state index contributed by atoms with van der Waals surface area (Å²) in [6, 6.07) is 7.69. The van der Waals surface area contributed by atoms with E-state index in [1.807, 2.05) is 38.1 Å². The lowest BCUT2D eigenvalue weighted by molar-refractivity contribution is 0.102. The Bertz CT molecular complexity index is 1030. The Morgan fingerprint density at radius 1 is 1.19 bits per heavy atom. The van der Waals surface area contributed by atoms with Gasteiger partial charge in [-0.2, -0.15) is 0 Å². The highest BCUT2D eigenvalue weighted by Gasteiger charge is 2.23. The first kappa shape index (κ1) is 18.9. The standard InChI is InChI=1S/C21H25N3O3/c1-12(2)10-24-11-22-20-18(21(24)26)17(14(5)27-20)19(25)23-16-8-6-15(7-9-16)13(3)4/h6-9,11-13H,10H2,1-5H3,(H,23,25). The van der Waals surface area contributed by atoms with Crippen molar-refractivity contribution >= 4 is 22.7 Å². The van der Waals surface area contributed by atoms with Gasteiger partial charge < -0.3 is 9.73 Å². The van der Waals surface area contributed by atoms with Crippen LogP contribution < -0.4 is 10.9 Å². The van der Waals surface area contributed by atoms with Crippen molar-refractivity contribution < 1.29 is 9.21 Å². The number of nitrogens with one attached hydrogen (secondary N) is 1. The lowest BCUT2D eigenvalue weighted by Crippen LogP contribution is -2.24. The molecule has 0 saturated heterocycles. The number of fused-ring (bicyclic) bond motifs is 1. The van der Waals surface area contributed by atoms with Gasteiger partial charge in [-0.1, -0.05) is 39.8 Å². The third-order valence-electron chi connectivity index (χ3n) is 4.48. The molecule has 0 aliphatic rings. The fraction of sp³-hybridized carbons (Fsp3) is 0.381. The minimum Gasteiger partial charge on any atom is -0.442 e. The van der Waals surface area contributed by atoms with E-state index in [4.69, 9.17) is 4.42 Å². The summed E-state index contributed by atoms with van der Waals surface area (Å²) in [5.74, 6) is 0.713. The number of amides is 1. The van der Waals surface area contributed by atoms with E-state index in [0.29, 0.717) is 23.9 Å². The predicted octanol–water partition coefficient (Wildman–Crippen LogP) is 4.33. The maximum Gasteiger partial charge on any atom is 0.265 e. The molecule has 2 heterocycles. The van der Waals surface area contributed by atoms with Crippen LogP contribution in [0.5, 0.6) is 0 Å². The zero-order chi connectivity index (χ0) is 19.7. The molecule has 0 aliphatic carbocycles. The Labute approximate surface area is 158 Å². The number of anilines is 1. The first-order chi connectivity index (χ1) is 12.8. The number of furan rings is 1. The van der Waals surface area contributed by atoms with E-state index >= 15 is 0 Å². The topological polar surface area (TPSA) is 77.1 Å². The van der Waals surface area contributed by atoms with Crippen molar-refractivity contribution in [3.63, 3.8) is 0 Å². The highest BCUT2D eigenvalue weighted by atomic mass is 16.3. The molecule has 0 radical (unpaired) electrons. The van der Waals surface area contributed by atoms with E-state index in [9.17, 15) is 9.59 Å². The first-order valence-electron chi connectivity index (χ1n) is 9.17. The van der Waals surface area contributed by atoms with Gasteiger partial charge in [0, 0.05) is 12.2 Å². The summed E-state index contributed by atoms with van der Waals surface area (Å²) >= 11 is 0. The molecular weight excluding hydrogens is 342 g/mol. The average molecular weight is 367 g/mol. The molecule has 1 amide bonds. The van der Waals surface area contributed by atoms with Crippen molar-refractivity contribution in [2.45, 2.75) is 47.1 Å². The number of carbonyl (C=O) groups excluding carboxylic acids is 1. The maximum absolute atomic E-state index is 12.9. The van der Waals surface area contributed by atoms with E-state index in [1.165, 1.54) is 16.5 Å². The summed E-state index contributed by atoms with van der Waals surface area (Å²) in [5.41, 5.74) is 2.04. The molecule has 27 heavy (non-hydrogen) atoms. The number of carbonyl (C=O) groups is 1. The van der Waals surface area contributed by atoms with E-state index in [-0.39, 0.29) is 34.0 Å². The summed E-state index contributed by atoms with van der Waals surface area (Å²) < 4.78 is 7.09. The second kappa shape index (κ2) is 7.39. The minimum absolute atomic E-state index is 0.192. The fourth-order valence-corrected chi connectivity index (χ4v) is 3.08. The number of aryl methyl sites for hydroxylation is 1. The molecule has 0 atom stereocenters. The minimum atomic E-state index is -0.371. The third-order valence-corrected chi connectivity index (χ3v) is 4.48. The number of nitrogens with zero attached hydrogens (tertiary/aromatic N) is 2. The molecule has 0 spiro atoms. The van der Waals surface area contributed by atoms with Crippen molar-refractivity contribution in [1.82, 2.24) is 9.55 Å². The highest BCUT2D eigenvalue weighted by molar-refractivity contribution is 6.12. The maximum atomic E-state index is 12.9. The first-order valence-corrected chi connectivity index (χ1v) is 9.17. The quantitative estimate of drug-likeness (QED) is 0.728. The normalized spacial score (nSPS) is 11.5. The second-order valence-electron chi connectivity index (χ2n) is 7.54. The van der Waals surface area contributed by atoms with Crippen LogP contribution in [0.4, 0.5) is 5.69 Å². The Hall–Kier alpha value is -2.89. The Balaban J connectivity index is 1.98. The van der Waals surface area contributed by atoms with Crippen LogP contribution >= 0.6 is 0 Å². The van der Waals surface area contributed by atoms with Crippen LogP contribution in [0.3, 0.4) is 0 Å². The molecule has 0 unspecified atom stereocenters. The summed E-state index contributed by atoms with van der Waals surface area (Å²) in [6.45, 7) is 10.5. The fourth-order valence-electron chi connectivity index (χ4n) is 3.08. The molecule has 3 rings (SSSR count). The summed E-state index contributed by atoms with van der Waals surface area (Å²) in [5, 5.41) is 3.08. The van der Waals surface area contributed by atoms with Crippen LogP contribution in [-0.4, -0.2) is 15.5 Å². The molecule has 2 aromatic heterocycles. The summed E-state index contributed by atoms with van der Waals surface area (Å²) in [7, 11) is 0. The summed E-state index contributed by atoms with van der Waals surface area (Å²) in [4.78, 5) is 29.9. The van der Waals surface area contributed by atoms with E-state index < -0.39 is 0 Å². The number of rotatable bonds is 5. The Morgan fingerprint density at radius 2 is 1.85 bits per heavy atom. The van der Waals surface area contributed by atoms with Gasteiger partial charge in [0.2, 0.25) is 5.71 Å². The Morgan fingerprint density at radius 3 is 2.44 bits per heavy atom. The number of hydrogen-bond donors (Lipinski definition) is 1. The smallest absolute Gasteiger partial charge is 0.265 e. The molecule has 0 fully saturated rings. The van der Waals surface area contributed by atoms with Gasteiger partial charge in [0.1, 0.15) is 17.5 Å². The summed E-state index contributed by atoms with van der Waals surface area (Å²) in [6.07, 6.45) is 1.47. The van der Waals surface area contributed by atoms with Crippen molar-refractivity contribution in [2.24, 2.45) is 5.92 Å². The molecule has 0 saturated carbocycles. The third kappa shape index (κ3) is 3.79. The largest absolute Gasteiger partial charge is 0.442 e. The van der Waals surface area contributed by atoms with Gasteiger partial charge in [-0.3, -0.25) is 14.2 Å². The average Bonchev–Trinajstić information content (AvgIpc) is 2.94. The van der Waals surface area contributed by atoms with Gasteiger partial charge >= 0.3 is 0 Å². The van der Waals surface area contributed by atoms with Gasteiger partial charge in [0.15, 0.2) is 0 Å². The molecular formula is C21H25N3O3.